The third-order valence-electron chi connectivity index (χ3n) is 4.02. The van der Waals surface area contributed by atoms with Gasteiger partial charge in [0.25, 0.3) is 0 Å². The number of nitrogens with zero attached hydrogens (tertiary/aromatic N) is 6. The van der Waals surface area contributed by atoms with Crippen molar-refractivity contribution in [3.8, 4) is 0 Å². The van der Waals surface area contributed by atoms with E-state index >= 15 is 0 Å². The molecule has 1 fully saturated rings. The zero-order chi connectivity index (χ0) is 14.4. The number of hydrogen-bond donors (Lipinski definition) is 0. The number of rotatable bonds is 2. The summed E-state index contributed by atoms with van der Waals surface area (Å²) in [6.07, 6.45) is 5.59. The van der Waals surface area contributed by atoms with Gasteiger partial charge in [0.05, 0.1) is 17.6 Å². The van der Waals surface area contributed by atoms with Crippen LogP contribution in [-0.4, -0.2) is 31.4 Å². The van der Waals surface area contributed by atoms with Gasteiger partial charge in [0.1, 0.15) is 23.6 Å². The molecule has 0 saturated carbocycles. The highest BCUT2D eigenvalue weighted by atomic mass is 16.5. The predicted molar refractivity (Wildman–Crippen MR) is 76.9 cm³/mol. The summed E-state index contributed by atoms with van der Waals surface area (Å²) < 4.78 is 7.00. The van der Waals surface area contributed by atoms with Gasteiger partial charge in [0.15, 0.2) is 5.65 Å². The lowest BCUT2D eigenvalue weighted by atomic mass is 10.1. The Balaban J connectivity index is 1.80. The maximum Gasteiger partial charge on any atom is 0.163 e. The molecule has 3 aromatic heterocycles. The largest absolute Gasteiger partial charge is 0.361 e. The maximum absolute atomic E-state index is 5.23. The lowest BCUT2D eigenvalue weighted by molar-refractivity contribution is 0.385. The molecule has 1 aliphatic rings. The second-order valence-corrected chi connectivity index (χ2v) is 5.42. The van der Waals surface area contributed by atoms with Crippen LogP contribution in [0.5, 0.6) is 0 Å². The smallest absolute Gasteiger partial charge is 0.163 e. The van der Waals surface area contributed by atoms with Gasteiger partial charge < -0.3 is 9.42 Å². The van der Waals surface area contributed by atoms with Crippen LogP contribution in [0.2, 0.25) is 0 Å². The monoisotopic (exact) mass is 284 g/mol. The molecule has 7 nitrogen and oxygen atoms in total. The second kappa shape index (κ2) is 4.54. The maximum atomic E-state index is 5.23. The Bertz CT molecular complexity index is 792. The van der Waals surface area contributed by atoms with Crippen molar-refractivity contribution < 1.29 is 4.52 Å². The van der Waals surface area contributed by atoms with Gasteiger partial charge in [-0.05, 0) is 19.8 Å². The fraction of sp³-hybridized carbons (Fsp3) is 0.429. The molecule has 1 aliphatic heterocycles. The van der Waals surface area contributed by atoms with Crippen molar-refractivity contribution in [3.05, 3.63) is 30.0 Å². The van der Waals surface area contributed by atoms with Crippen molar-refractivity contribution in [2.45, 2.75) is 25.8 Å². The van der Waals surface area contributed by atoms with E-state index in [4.69, 9.17) is 4.52 Å². The van der Waals surface area contributed by atoms with E-state index in [1.165, 1.54) is 0 Å². The van der Waals surface area contributed by atoms with E-state index in [0.717, 1.165) is 47.7 Å². The Morgan fingerprint density at radius 3 is 3.05 bits per heavy atom. The van der Waals surface area contributed by atoms with E-state index in [9.17, 15) is 0 Å². The van der Waals surface area contributed by atoms with E-state index < -0.39 is 0 Å². The second-order valence-electron chi connectivity index (χ2n) is 5.42. The molecule has 7 heteroatoms. The molecular weight excluding hydrogens is 268 g/mol. The minimum Gasteiger partial charge on any atom is -0.361 e. The molecule has 0 bridgehead atoms. The van der Waals surface area contributed by atoms with Crippen LogP contribution < -0.4 is 4.90 Å². The molecular formula is C14H16N6O. The first kappa shape index (κ1) is 12.3. The molecule has 0 N–H and O–H groups in total. The summed E-state index contributed by atoms with van der Waals surface area (Å²) in [7, 11) is 1.89. The highest BCUT2D eigenvalue weighted by Gasteiger charge is 2.31. The quantitative estimate of drug-likeness (QED) is 0.716. The third kappa shape index (κ3) is 1.88. The number of aryl methyl sites for hydroxylation is 2. The van der Waals surface area contributed by atoms with Crippen LogP contribution in [0.25, 0.3) is 11.0 Å². The molecule has 4 heterocycles. The van der Waals surface area contributed by atoms with Crippen LogP contribution >= 0.6 is 0 Å². The standard InChI is InChI=1S/C14H16N6O/c1-9-6-11(18-21-9)12-4-3-5-20(12)14-10-7-17-19(2)13(10)15-8-16-14/h6-8,12H,3-5H2,1-2H3/t12-/m1/s1. The minimum atomic E-state index is 0.209. The van der Waals surface area contributed by atoms with E-state index in [-0.39, 0.29) is 6.04 Å². The van der Waals surface area contributed by atoms with Crippen molar-refractivity contribution in [2.75, 3.05) is 11.4 Å². The van der Waals surface area contributed by atoms with E-state index in [0.29, 0.717) is 0 Å². The van der Waals surface area contributed by atoms with Gasteiger partial charge in [-0.15, -0.1) is 0 Å². The average Bonchev–Trinajstić information content (AvgIpc) is 3.19. The summed E-state index contributed by atoms with van der Waals surface area (Å²) in [6, 6.07) is 2.21. The van der Waals surface area contributed by atoms with Crippen LogP contribution in [-0.2, 0) is 7.05 Å². The number of hydrogen-bond acceptors (Lipinski definition) is 6. The van der Waals surface area contributed by atoms with Crippen LogP contribution in [0.1, 0.15) is 30.3 Å². The summed E-state index contributed by atoms with van der Waals surface area (Å²) in [5.41, 5.74) is 1.82. The van der Waals surface area contributed by atoms with Gasteiger partial charge in [0.2, 0.25) is 0 Å². The van der Waals surface area contributed by atoms with Crippen molar-refractivity contribution in [1.29, 1.82) is 0 Å². The summed E-state index contributed by atoms with van der Waals surface area (Å²) in [6.45, 7) is 2.87. The zero-order valence-corrected chi connectivity index (χ0v) is 12.0. The molecule has 0 amide bonds. The summed E-state index contributed by atoms with van der Waals surface area (Å²) >= 11 is 0. The first-order valence-electron chi connectivity index (χ1n) is 7.06. The van der Waals surface area contributed by atoms with Gasteiger partial charge in [-0.25, -0.2) is 9.97 Å². The molecule has 21 heavy (non-hydrogen) atoms. The van der Waals surface area contributed by atoms with Crippen molar-refractivity contribution in [2.24, 2.45) is 7.05 Å². The van der Waals surface area contributed by atoms with Gasteiger partial charge >= 0.3 is 0 Å². The minimum absolute atomic E-state index is 0.209. The number of aromatic nitrogens is 5. The topological polar surface area (TPSA) is 72.9 Å². The van der Waals surface area contributed by atoms with E-state index in [1.54, 1.807) is 11.0 Å². The van der Waals surface area contributed by atoms with Crippen LogP contribution in [0, 0.1) is 6.92 Å². The van der Waals surface area contributed by atoms with Gasteiger partial charge in [-0.2, -0.15) is 5.10 Å². The normalized spacial score (nSPS) is 18.8. The molecule has 0 aromatic carbocycles. The highest BCUT2D eigenvalue weighted by molar-refractivity contribution is 5.86. The Morgan fingerprint density at radius 1 is 1.33 bits per heavy atom. The SMILES string of the molecule is Cc1cc([C@H]2CCCN2c2ncnc3c2cnn3C)no1. The first-order chi connectivity index (χ1) is 10.2. The molecule has 4 rings (SSSR count). The summed E-state index contributed by atoms with van der Waals surface area (Å²) in [5, 5.41) is 9.44. The molecule has 0 unspecified atom stereocenters. The average molecular weight is 284 g/mol. The van der Waals surface area contributed by atoms with Crippen LogP contribution in [0.3, 0.4) is 0 Å². The molecule has 0 radical (unpaired) electrons. The van der Waals surface area contributed by atoms with Gasteiger partial charge in [-0.1, -0.05) is 5.16 Å². The Kier molecular flexibility index (Phi) is 2.66. The lowest BCUT2D eigenvalue weighted by Crippen LogP contribution is -2.24. The highest BCUT2D eigenvalue weighted by Crippen LogP contribution is 2.37. The fourth-order valence-electron chi connectivity index (χ4n) is 3.05. The predicted octanol–water partition coefficient (Wildman–Crippen LogP) is 2.00. The Hall–Kier alpha value is -2.44. The molecule has 1 saturated heterocycles. The van der Waals surface area contributed by atoms with Gasteiger partial charge in [-0.3, -0.25) is 4.68 Å². The van der Waals surface area contributed by atoms with Crippen molar-refractivity contribution >= 4 is 16.9 Å². The van der Waals surface area contributed by atoms with Crippen molar-refractivity contribution in [1.82, 2.24) is 24.9 Å². The Labute approximate surface area is 121 Å². The summed E-state index contributed by atoms with van der Waals surface area (Å²) in [5.74, 6) is 1.77. The van der Waals surface area contributed by atoms with Crippen molar-refractivity contribution in [3.63, 3.8) is 0 Å². The van der Waals surface area contributed by atoms with Gasteiger partial charge in [0, 0.05) is 19.7 Å². The Morgan fingerprint density at radius 2 is 2.24 bits per heavy atom. The molecule has 0 spiro atoms. The lowest BCUT2D eigenvalue weighted by Gasteiger charge is -2.24. The molecule has 108 valence electrons. The summed E-state index contributed by atoms with van der Waals surface area (Å²) in [4.78, 5) is 11.1. The number of anilines is 1. The molecule has 1 atom stereocenters. The third-order valence-corrected chi connectivity index (χ3v) is 4.02. The first-order valence-corrected chi connectivity index (χ1v) is 7.06. The van der Waals surface area contributed by atoms with Crippen LogP contribution in [0.15, 0.2) is 23.1 Å². The van der Waals surface area contributed by atoms with E-state index in [1.807, 2.05) is 26.2 Å². The van der Waals surface area contributed by atoms with Crippen LogP contribution in [0.4, 0.5) is 5.82 Å². The number of fused-ring (bicyclic) bond motifs is 1. The van der Waals surface area contributed by atoms with E-state index in [2.05, 4.69) is 25.1 Å². The molecule has 0 aliphatic carbocycles. The molecule has 3 aromatic rings. The zero-order valence-electron chi connectivity index (χ0n) is 12.0. The fourth-order valence-corrected chi connectivity index (χ4v) is 3.05.